The van der Waals surface area contributed by atoms with E-state index in [1.807, 2.05) is 36.7 Å². The smallest absolute Gasteiger partial charge is 0.123 e. The van der Waals surface area contributed by atoms with E-state index in [-0.39, 0.29) is 5.82 Å². The van der Waals surface area contributed by atoms with E-state index in [1.165, 1.54) is 37.8 Å². The van der Waals surface area contributed by atoms with Crippen LogP contribution in [-0.2, 0) is 0 Å². The van der Waals surface area contributed by atoms with Gasteiger partial charge in [-0.3, -0.25) is 20.1 Å². The van der Waals surface area contributed by atoms with Crippen molar-refractivity contribution in [1.29, 1.82) is 0 Å². The Bertz CT molecular complexity index is 1850. The van der Waals surface area contributed by atoms with E-state index in [0.717, 1.165) is 61.4 Å². The Balaban J connectivity index is 1.25. The van der Waals surface area contributed by atoms with Crippen molar-refractivity contribution in [1.82, 2.24) is 30.1 Å². The lowest BCUT2D eigenvalue weighted by Gasteiger charge is -2.15. The zero-order valence-corrected chi connectivity index (χ0v) is 21.2. The molecule has 0 aliphatic heterocycles. The fourth-order valence-corrected chi connectivity index (χ4v) is 5.54. The lowest BCUT2D eigenvalue weighted by molar-refractivity contribution is 0.628. The summed E-state index contributed by atoms with van der Waals surface area (Å²) in [7, 11) is 0. The normalized spacial score (nSPS) is 13.9. The summed E-state index contributed by atoms with van der Waals surface area (Å²) in [6.07, 6.45) is 12.1. The van der Waals surface area contributed by atoms with Gasteiger partial charge in [0.1, 0.15) is 11.5 Å². The molecule has 8 heteroatoms. The highest BCUT2D eigenvalue weighted by Gasteiger charge is 2.19. The Labute approximate surface area is 224 Å². The monoisotopic (exact) mass is 515 g/mol. The summed E-state index contributed by atoms with van der Waals surface area (Å²) < 4.78 is 13.9. The average molecular weight is 516 g/mol. The minimum atomic E-state index is -0.294. The van der Waals surface area contributed by atoms with E-state index in [0.29, 0.717) is 11.6 Å². The molecule has 1 saturated carbocycles. The first-order chi connectivity index (χ1) is 19.1. The molecule has 3 N–H and O–H groups in total. The van der Waals surface area contributed by atoms with Gasteiger partial charge >= 0.3 is 0 Å². The molecule has 7 nitrogen and oxygen atoms in total. The van der Waals surface area contributed by atoms with Crippen molar-refractivity contribution in [2.45, 2.75) is 25.7 Å². The number of halogens is 1. The van der Waals surface area contributed by atoms with Crippen LogP contribution in [0.2, 0.25) is 0 Å². The number of rotatable bonds is 6. The van der Waals surface area contributed by atoms with Crippen molar-refractivity contribution in [3.05, 3.63) is 91.4 Å². The van der Waals surface area contributed by atoms with Gasteiger partial charge in [-0.25, -0.2) is 4.39 Å². The van der Waals surface area contributed by atoms with Crippen LogP contribution in [0.4, 0.5) is 10.1 Å². The molecule has 1 aliphatic rings. The predicted molar refractivity (Wildman–Crippen MR) is 152 cm³/mol. The highest BCUT2D eigenvalue weighted by atomic mass is 19.1. The number of aromatic amines is 2. The van der Waals surface area contributed by atoms with Gasteiger partial charge in [0, 0.05) is 45.5 Å². The van der Waals surface area contributed by atoms with Crippen molar-refractivity contribution in [2.75, 3.05) is 5.32 Å². The molecular formula is C31H26FN7. The fraction of sp³-hybridized carbons (Fsp3) is 0.161. The Kier molecular flexibility index (Phi) is 5.65. The number of nitrogens with zero attached hydrogens (tertiary/aromatic N) is 4. The largest absolute Gasteiger partial charge is 0.358 e. The zero-order chi connectivity index (χ0) is 26.3. The number of fused-ring (bicyclic) bond motifs is 2. The van der Waals surface area contributed by atoms with Crippen molar-refractivity contribution in [3.63, 3.8) is 0 Å². The van der Waals surface area contributed by atoms with Crippen molar-refractivity contribution < 1.29 is 4.39 Å². The molecule has 0 unspecified atom stereocenters. The third-order valence-corrected chi connectivity index (χ3v) is 7.54. The summed E-state index contributed by atoms with van der Waals surface area (Å²) in [5.74, 6) is 0.224. The number of hydrogen-bond acceptors (Lipinski definition) is 5. The Morgan fingerprint density at radius 2 is 1.77 bits per heavy atom. The number of anilines is 1. The summed E-state index contributed by atoms with van der Waals surface area (Å²) in [6.45, 7) is 4.27. The van der Waals surface area contributed by atoms with Crippen molar-refractivity contribution >= 4 is 27.5 Å². The first-order valence-corrected chi connectivity index (χ1v) is 13.1. The van der Waals surface area contributed by atoms with Crippen molar-refractivity contribution in [3.8, 4) is 33.9 Å². The SMILES string of the molecule is C=C(Nc1cncc(-c2cc3c(-c4cc5c(-c6cccc(F)c6)nccc5[nH]4)n[nH]c3cn2)c1)C1CCCC1. The van der Waals surface area contributed by atoms with E-state index >= 15 is 0 Å². The van der Waals surface area contributed by atoms with Crippen LogP contribution in [0.3, 0.4) is 0 Å². The quantitative estimate of drug-likeness (QED) is 0.214. The molecule has 7 rings (SSSR count). The summed E-state index contributed by atoms with van der Waals surface area (Å²) >= 11 is 0. The molecule has 1 fully saturated rings. The van der Waals surface area contributed by atoms with Crippen LogP contribution in [0.1, 0.15) is 25.7 Å². The zero-order valence-electron chi connectivity index (χ0n) is 21.2. The van der Waals surface area contributed by atoms with Crippen molar-refractivity contribution in [2.24, 2.45) is 5.92 Å². The maximum Gasteiger partial charge on any atom is 0.123 e. The number of allylic oxidation sites excluding steroid dienone is 1. The number of benzene rings is 1. The predicted octanol–water partition coefficient (Wildman–Crippen LogP) is 7.49. The minimum Gasteiger partial charge on any atom is -0.358 e. The van der Waals surface area contributed by atoms with E-state index < -0.39 is 0 Å². The lowest BCUT2D eigenvalue weighted by Crippen LogP contribution is -2.07. The third kappa shape index (κ3) is 4.33. The second-order valence-electron chi connectivity index (χ2n) is 10.1. The van der Waals surface area contributed by atoms with Crippen LogP contribution >= 0.6 is 0 Å². The fourth-order valence-electron chi connectivity index (χ4n) is 5.54. The molecule has 0 spiro atoms. The number of nitrogens with one attached hydrogen (secondary N) is 3. The van der Waals surface area contributed by atoms with Crippen LogP contribution in [0, 0.1) is 11.7 Å². The summed E-state index contributed by atoms with van der Waals surface area (Å²) in [5.41, 5.74) is 8.43. The standard InChI is InChI=1S/C31H26FN7/c1-18(19-5-2-3-6-19)36-23-12-21(15-33-16-23)27-13-25-29(17-35-27)38-39-31(25)28-14-24-26(37-28)9-10-34-30(24)20-7-4-8-22(32)11-20/h4,7-17,19,36-37H,1-3,5-6H2,(H,38,39). The number of pyridine rings is 3. The highest BCUT2D eigenvalue weighted by molar-refractivity contribution is 6.00. The molecular weight excluding hydrogens is 489 g/mol. The molecule has 0 saturated heterocycles. The summed E-state index contributed by atoms with van der Waals surface area (Å²) in [4.78, 5) is 17.1. The highest BCUT2D eigenvalue weighted by Crippen LogP contribution is 2.35. The number of aromatic nitrogens is 6. The van der Waals surface area contributed by atoms with Crippen LogP contribution < -0.4 is 5.32 Å². The van der Waals surface area contributed by atoms with Crippen LogP contribution in [-0.4, -0.2) is 30.1 Å². The van der Waals surface area contributed by atoms with E-state index in [2.05, 4.69) is 48.1 Å². The maximum absolute atomic E-state index is 13.9. The maximum atomic E-state index is 13.9. The van der Waals surface area contributed by atoms with Gasteiger partial charge in [-0.05, 0) is 55.2 Å². The molecule has 6 aromatic rings. The van der Waals surface area contributed by atoms with Gasteiger partial charge in [0.2, 0.25) is 0 Å². The van der Waals surface area contributed by atoms with Gasteiger partial charge < -0.3 is 10.3 Å². The van der Waals surface area contributed by atoms with E-state index in [9.17, 15) is 4.39 Å². The molecule has 0 amide bonds. The van der Waals surface area contributed by atoms with E-state index in [1.54, 1.807) is 18.5 Å². The second-order valence-corrected chi connectivity index (χ2v) is 10.1. The van der Waals surface area contributed by atoms with Crippen LogP contribution in [0.25, 0.3) is 55.7 Å². The molecule has 5 heterocycles. The van der Waals surface area contributed by atoms with Gasteiger partial charge in [0.05, 0.1) is 40.7 Å². The first-order valence-electron chi connectivity index (χ1n) is 13.1. The Morgan fingerprint density at radius 1 is 0.897 bits per heavy atom. The molecule has 1 aromatic carbocycles. The molecule has 0 bridgehead atoms. The second kappa shape index (κ2) is 9.47. The summed E-state index contributed by atoms with van der Waals surface area (Å²) in [5, 5.41) is 13.0. The first kappa shape index (κ1) is 23.3. The van der Waals surface area contributed by atoms with Gasteiger partial charge in [-0.2, -0.15) is 5.10 Å². The molecule has 0 radical (unpaired) electrons. The lowest BCUT2D eigenvalue weighted by atomic mass is 10.0. The Hall–Kier alpha value is -4.85. The topological polar surface area (TPSA) is 95.2 Å². The molecule has 0 atom stereocenters. The van der Waals surface area contributed by atoms with Gasteiger partial charge in [0.25, 0.3) is 0 Å². The third-order valence-electron chi connectivity index (χ3n) is 7.54. The molecule has 192 valence electrons. The summed E-state index contributed by atoms with van der Waals surface area (Å²) in [6, 6.07) is 14.5. The van der Waals surface area contributed by atoms with Gasteiger partial charge in [-0.15, -0.1) is 0 Å². The molecule has 5 aromatic heterocycles. The average Bonchev–Trinajstić information content (AvgIpc) is 3.72. The van der Waals surface area contributed by atoms with Gasteiger partial charge in [0.15, 0.2) is 0 Å². The minimum absolute atomic E-state index is 0.294. The van der Waals surface area contributed by atoms with E-state index in [4.69, 9.17) is 0 Å². The van der Waals surface area contributed by atoms with Crippen LogP contribution in [0.15, 0.2) is 85.6 Å². The van der Waals surface area contributed by atoms with Crippen LogP contribution in [0.5, 0.6) is 0 Å². The molecule has 1 aliphatic carbocycles. The number of H-pyrrole nitrogens is 2. The number of hydrogen-bond donors (Lipinski definition) is 3. The Morgan fingerprint density at radius 3 is 2.64 bits per heavy atom. The molecule has 39 heavy (non-hydrogen) atoms. The van der Waals surface area contributed by atoms with Gasteiger partial charge in [-0.1, -0.05) is 31.6 Å².